The van der Waals surface area contributed by atoms with E-state index in [9.17, 15) is 10.5 Å². The number of anilines is 3. The SMILES string of the molecule is N#Cc1ccc2oc3ccc(C#N)c(N4c5ccccc5C5(c6ccccc6-c6ccccc65)c5ccccc54)c3c2c1. The Balaban J connectivity index is 1.46. The second-order valence-corrected chi connectivity index (χ2v) is 11.1. The largest absolute Gasteiger partial charge is 0.456 e. The molecule has 2 aliphatic rings. The maximum Gasteiger partial charge on any atom is 0.137 e. The molecule has 6 aromatic carbocycles. The van der Waals surface area contributed by atoms with Crippen LogP contribution in [0.25, 0.3) is 33.1 Å². The Morgan fingerprint density at radius 2 is 1.12 bits per heavy atom. The van der Waals surface area contributed by atoms with Crippen LogP contribution in [0.5, 0.6) is 0 Å². The average molecular weight is 548 g/mol. The lowest BCUT2D eigenvalue weighted by atomic mass is 9.64. The summed E-state index contributed by atoms with van der Waals surface area (Å²) in [5.41, 5.74) is 11.9. The van der Waals surface area contributed by atoms with Gasteiger partial charge in [0, 0.05) is 5.39 Å². The topological polar surface area (TPSA) is 64.0 Å². The summed E-state index contributed by atoms with van der Waals surface area (Å²) < 4.78 is 6.30. The van der Waals surface area contributed by atoms with Crippen molar-refractivity contribution in [3.05, 3.63) is 161 Å². The highest BCUT2D eigenvalue weighted by atomic mass is 16.3. The first-order valence-electron chi connectivity index (χ1n) is 14.2. The van der Waals surface area contributed by atoms with Gasteiger partial charge in [0.05, 0.1) is 45.1 Å². The molecule has 0 unspecified atom stereocenters. The molecule has 0 radical (unpaired) electrons. The van der Waals surface area contributed by atoms with Gasteiger partial charge in [0.2, 0.25) is 0 Å². The molecule has 4 heteroatoms. The lowest BCUT2D eigenvalue weighted by Gasteiger charge is -2.45. The van der Waals surface area contributed by atoms with Crippen molar-refractivity contribution in [2.45, 2.75) is 5.41 Å². The molecule has 1 aromatic heterocycles. The van der Waals surface area contributed by atoms with E-state index >= 15 is 0 Å². The van der Waals surface area contributed by atoms with Crippen LogP contribution < -0.4 is 4.90 Å². The van der Waals surface area contributed by atoms with Gasteiger partial charge in [0.25, 0.3) is 0 Å². The minimum Gasteiger partial charge on any atom is -0.456 e. The number of nitriles is 2. The minimum atomic E-state index is -0.538. The lowest BCUT2D eigenvalue weighted by molar-refractivity contribution is 0.669. The van der Waals surface area contributed by atoms with Crippen LogP contribution >= 0.6 is 0 Å². The Bertz CT molecular complexity index is 2310. The predicted octanol–water partition coefficient (Wildman–Crippen LogP) is 9.48. The van der Waals surface area contributed by atoms with Gasteiger partial charge in [-0.3, -0.25) is 0 Å². The first kappa shape index (κ1) is 23.6. The fourth-order valence-corrected chi connectivity index (χ4v) is 7.55. The highest BCUT2D eigenvalue weighted by Gasteiger charge is 2.51. The number of furan rings is 1. The molecule has 1 aliphatic carbocycles. The van der Waals surface area contributed by atoms with Crippen molar-refractivity contribution in [2.24, 2.45) is 0 Å². The molecule has 0 amide bonds. The molecule has 1 aliphatic heterocycles. The van der Waals surface area contributed by atoms with Crippen LogP contribution in [0, 0.1) is 22.7 Å². The summed E-state index contributed by atoms with van der Waals surface area (Å²) in [4.78, 5) is 2.23. The summed E-state index contributed by atoms with van der Waals surface area (Å²) >= 11 is 0. The highest BCUT2D eigenvalue weighted by Crippen LogP contribution is 2.63. The van der Waals surface area contributed by atoms with Crippen LogP contribution in [0.2, 0.25) is 0 Å². The van der Waals surface area contributed by atoms with E-state index < -0.39 is 5.41 Å². The van der Waals surface area contributed by atoms with Gasteiger partial charge in [-0.2, -0.15) is 10.5 Å². The van der Waals surface area contributed by atoms with Crippen LogP contribution in [0.3, 0.4) is 0 Å². The predicted molar refractivity (Wildman–Crippen MR) is 169 cm³/mol. The van der Waals surface area contributed by atoms with Crippen molar-refractivity contribution in [1.82, 2.24) is 0 Å². The number of hydrogen-bond donors (Lipinski definition) is 0. The van der Waals surface area contributed by atoms with E-state index in [2.05, 4.69) is 114 Å². The van der Waals surface area contributed by atoms with E-state index in [0.29, 0.717) is 22.3 Å². The van der Waals surface area contributed by atoms with Gasteiger partial charge in [-0.05, 0) is 75.8 Å². The summed E-state index contributed by atoms with van der Waals surface area (Å²) in [7, 11) is 0. The molecule has 0 N–H and O–H groups in total. The molecule has 9 rings (SSSR count). The number of nitrogens with zero attached hydrogens (tertiary/aromatic N) is 3. The van der Waals surface area contributed by atoms with E-state index in [1.54, 1.807) is 6.07 Å². The summed E-state index contributed by atoms with van der Waals surface area (Å²) in [6.07, 6.45) is 0. The monoisotopic (exact) mass is 547 g/mol. The standard InChI is InChI=1S/C39H21N3O/c40-22-24-17-19-35-28(21-24)37-36(43-35)20-18-25(23-41)38(37)42-33-15-7-5-13-31(33)39(32-14-6-8-16-34(32)42)29-11-3-1-9-26(29)27-10-2-4-12-30(27)39/h1-21H. The molecule has 198 valence electrons. The van der Waals surface area contributed by atoms with Crippen LogP contribution in [-0.4, -0.2) is 0 Å². The normalized spacial score (nSPS) is 13.7. The molecular weight excluding hydrogens is 526 g/mol. The fraction of sp³-hybridized carbons (Fsp3) is 0.0256. The third-order valence-electron chi connectivity index (χ3n) is 9.13. The number of hydrogen-bond acceptors (Lipinski definition) is 4. The molecule has 0 saturated heterocycles. The minimum absolute atomic E-state index is 0.533. The summed E-state index contributed by atoms with van der Waals surface area (Å²) in [6.45, 7) is 0. The Hall–Kier alpha value is -6.10. The van der Waals surface area contributed by atoms with Gasteiger partial charge in [0.1, 0.15) is 17.2 Å². The maximum atomic E-state index is 10.5. The van der Waals surface area contributed by atoms with Crippen molar-refractivity contribution >= 4 is 39.0 Å². The van der Waals surface area contributed by atoms with E-state index in [-0.39, 0.29) is 0 Å². The first-order valence-corrected chi connectivity index (χ1v) is 14.2. The van der Waals surface area contributed by atoms with Gasteiger partial charge in [-0.1, -0.05) is 84.9 Å². The zero-order valence-corrected chi connectivity index (χ0v) is 22.9. The van der Waals surface area contributed by atoms with Crippen molar-refractivity contribution in [3.63, 3.8) is 0 Å². The molecule has 0 bridgehead atoms. The second-order valence-electron chi connectivity index (χ2n) is 11.1. The Morgan fingerprint density at radius 1 is 0.558 bits per heavy atom. The molecule has 0 fully saturated rings. The first-order chi connectivity index (χ1) is 21.3. The van der Waals surface area contributed by atoms with Crippen LogP contribution in [0.15, 0.2) is 132 Å². The molecule has 4 nitrogen and oxygen atoms in total. The average Bonchev–Trinajstić information content (AvgIpc) is 3.59. The van der Waals surface area contributed by atoms with Gasteiger partial charge in [-0.25, -0.2) is 0 Å². The molecule has 7 aromatic rings. The summed E-state index contributed by atoms with van der Waals surface area (Å²) in [5, 5.41) is 21.9. The zero-order valence-electron chi connectivity index (χ0n) is 22.9. The number of benzene rings is 6. The number of rotatable bonds is 1. The Labute approximate surface area is 247 Å². The van der Waals surface area contributed by atoms with Gasteiger partial charge < -0.3 is 9.32 Å². The van der Waals surface area contributed by atoms with Crippen molar-refractivity contribution in [1.29, 1.82) is 10.5 Å². The smallest absolute Gasteiger partial charge is 0.137 e. The molecule has 0 saturated carbocycles. The second kappa shape index (κ2) is 8.46. The molecule has 2 heterocycles. The Morgan fingerprint density at radius 3 is 1.72 bits per heavy atom. The van der Waals surface area contributed by atoms with Crippen molar-refractivity contribution < 1.29 is 4.42 Å². The van der Waals surface area contributed by atoms with Gasteiger partial charge in [0.15, 0.2) is 0 Å². The molecule has 43 heavy (non-hydrogen) atoms. The molecule has 0 atom stereocenters. The zero-order chi connectivity index (χ0) is 28.7. The van der Waals surface area contributed by atoms with Crippen molar-refractivity contribution in [3.8, 4) is 23.3 Å². The highest BCUT2D eigenvalue weighted by molar-refractivity contribution is 6.15. The van der Waals surface area contributed by atoms with Gasteiger partial charge >= 0.3 is 0 Å². The number of para-hydroxylation sites is 2. The Kier molecular flexibility index (Phi) is 4.64. The third-order valence-corrected chi connectivity index (χ3v) is 9.13. The summed E-state index contributed by atoms with van der Waals surface area (Å²) in [6, 6.07) is 48.4. The van der Waals surface area contributed by atoms with E-state index in [4.69, 9.17) is 4.42 Å². The van der Waals surface area contributed by atoms with Crippen LogP contribution in [-0.2, 0) is 5.41 Å². The van der Waals surface area contributed by atoms with Crippen molar-refractivity contribution in [2.75, 3.05) is 4.90 Å². The molecule has 1 spiro atoms. The summed E-state index contributed by atoms with van der Waals surface area (Å²) in [5.74, 6) is 0. The number of fused-ring (bicyclic) bond motifs is 12. The quantitative estimate of drug-likeness (QED) is 0.205. The fourth-order valence-electron chi connectivity index (χ4n) is 7.55. The lowest BCUT2D eigenvalue weighted by Crippen LogP contribution is -2.36. The third kappa shape index (κ3) is 2.87. The van der Waals surface area contributed by atoms with Crippen LogP contribution in [0.1, 0.15) is 33.4 Å². The van der Waals surface area contributed by atoms with Gasteiger partial charge in [-0.15, -0.1) is 0 Å². The van der Waals surface area contributed by atoms with E-state index in [1.807, 2.05) is 24.3 Å². The van der Waals surface area contributed by atoms with E-state index in [0.717, 1.165) is 39.0 Å². The van der Waals surface area contributed by atoms with Crippen LogP contribution in [0.4, 0.5) is 17.1 Å². The maximum absolute atomic E-state index is 10.5. The van der Waals surface area contributed by atoms with E-state index in [1.165, 1.54) is 22.3 Å². The molecular formula is C39H21N3O.